The molecular weight excluding hydrogens is 582 g/mol. The summed E-state index contributed by atoms with van der Waals surface area (Å²) in [6, 6.07) is 28.3. The molecule has 7 nitrogen and oxygen atoms in total. The van der Waals surface area contributed by atoms with Crippen LogP contribution >= 0.6 is 15.9 Å². The Morgan fingerprint density at radius 3 is 2.49 bits per heavy atom. The highest BCUT2D eigenvalue weighted by molar-refractivity contribution is 9.10. The molecule has 0 saturated heterocycles. The largest absolute Gasteiger partial charge is 0.486 e. The maximum atomic E-state index is 12.9. The molecule has 0 N–H and O–H groups in total. The first-order chi connectivity index (χ1) is 19.9. The molecule has 6 rings (SSSR count). The van der Waals surface area contributed by atoms with Crippen molar-refractivity contribution in [1.82, 2.24) is 15.0 Å². The molecule has 0 bridgehead atoms. The van der Waals surface area contributed by atoms with Crippen LogP contribution in [0.2, 0.25) is 0 Å². The van der Waals surface area contributed by atoms with Crippen molar-refractivity contribution in [2.75, 3.05) is 0 Å². The number of carbonyl (C=O) groups is 2. The molecule has 0 saturated carbocycles. The van der Waals surface area contributed by atoms with Gasteiger partial charge in [0.1, 0.15) is 23.6 Å². The van der Waals surface area contributed by atoms with Crippen LogP contribution in [-0.2, 0) is 13.0 Å². The number of aldehydes is 1. The average Bonchev–Trinajstić information content (AvgIpc) is 3.64. The Labute approximate surface area is 244 Å². The Morgan fingerprint density at radius 2 is 1.71 bits per heavy atom. The Bertz CT molecular complexity index is 1870. The van der Waals surface area contributed by atoms with Crippen molar-refractivity contribution in [2.45, 2.75) is 20.0 Å². The summed E-state index contributed by atoms with van der Waals surface area (Å²) in [6.07, 6.45) is 3.20. The number of carbonyl (C=O) groups excluding carboxylic acids is 2. The van der Waals surface area contributed by atoms with Crippen molar-refractivity contribution in [3.05, 3.63) is 141 Å². The van der Waals surface area contributed by atoms with Crippen molar-refractivity contribution >= 4 is 39.0 Å². The van der Waals surface area contributed by atoms with Crippen LogP contribution in [0.25, 0.3) is 16.7 Å². The lowest BCUT2D eigenvalue weighted by molar-refractivity contribution is 0.101. The normalized spacial score (nSPS) is 11.1. The number of ketones is 1. The van der Waals surface area contributed by atoms with Gasteiger partial charge in [0.25, 0.3) is 0 Å². The highest BCUT2D eigenvalue weighted by atomic mass is 79.9. The molecule has 2 aromatic heterocycles. The van der Waals surface area contributed by atoms with E-state index in [0.29, 0.717) is 40.3 Å². The first-order valence-corrected chi connectivity index (χ1v) is 13.8. The smallest absolute Gasteiger partial charge is 0.228 e. The van der Waals surface area contributed by atoms with Gasteiger partial charge in [0.05, 0.1) is 17.4 Å². The van der Waals surface area contributed by atoms with E-state index in [9.17, 15) is 9.59 Å². The number of hydrogen-bond donors (Lipinski definition) is 0. The van der Waals surface area contributed by atoms with E-state index in [1.54, 1.807) is 28.9 Å². The summed E-state index contributed by atoms with van der Waals surface area (Å²) in [7, 11) is 0. The number of aromatic nitrogens is 3. The zero-order chi connectivity index (χ0) is 28.3. The molecule has 41 heavy (non-hydrogen) atoms. The second-order valence-electron chi connectivity index (χ2n) is 9.76. The number of aryl methyl sites for hydroxylation is 1. The number of furan rings is 1. The van der Waals surface area contributed by atoms with Gasteiger partial charge in [0, 0.05) is 15.4 Å². The van der Waals surface area contributed by atoms with Crippen LogP contribution in [0.15, 0.2) is 106 Å². The Hall–Kier alpha value is -4.82. The van der Waals surface area contributed by atoms with Crippen molar-refractivity contribution in [3.63, 3.8) is 0 Å². The van der Waals surface area contributed by atoms with Crippen molar-refractivity contribution < 1.29 is 18.7 Å². The zero-order valence-electron chi connectivity index (χ0n) is 22.1. The molecule has 0 radical (unpaired) electrons. The minimum Gasteiger partial charge on any atom is -0.486 e. The van der Waals surface area contributed by atoms with E-state index in [4.69, 9.17) is 9.15 Å². The summed E-state index contributed by atoms with van der Waals surface area (Å²) >= 11 is 3.39. The molecule has 0 aliphatic heterocycles. The fraction of sp³-hybridized carbons (Fsp3) is 0.0909. The monoisotopic (exact) mass is 605 g/mol. The fourth-order valence-electron chi connectivity index (χ4n) is 4.57. The Balaban J connectivity index is 1.14. The van der Waals surface area contributed by atoms with Crippen LogP contribution in [0.4, 0.5) is 0 Å². The summed E-state index contributed by atoms with van der Waals surface area (Å²) < 4.78 is 14.3. The number of hydrogen-bond acceptors (Lipinski definition) is 6. The highest BCUT2D eigenvalue weighted by Crippen LogP contribution is 2.26. The van der Waals surface area contributed by atoms with Gasteiger partial charge in [-0.15, -0.1) is 5.10 Å². The van der Waals surface area contributed by atoms with Gasteiger partial charge in [-0.3, -0.25) is 9.59 Å². The molecule has 0 spiro atoms. The predicted octanol–water partition coefficient (Wildman–Crippen LogP) is 7.30. The van der Waals surface area contributed by atoms with E-state index in [1.807, 2.05) is 79.9 Å². The van der Waals surface area contributed by atoms with Crippen LogP contribution in [-0.4, -0.2) is 27.1 Å². The van der Waals surface area contributed by atoms with E-state index in [1.165, 1.54) is 5.56 Å². The predicted molar refractivity (Wildman–Crippen MR) is 159 cm³/mol. The quantitative estimate of drug-likeness (QED) is 0.127. The fourth-order valence-corrected chi connectivity index (χ4v) is 4.83. The van der Waals surface area contributed by atoms with Crippen LogP contribution in [0.3, 0.4) is 0 Å². The molecule has 2 heterocycles. The lowest BCUT2D eigenvalue weighted by atomic mass is 10.0. The van der Waals surface area contributed by atoms with Crippen LogP contribution in [0.5, 0.6) is 5.75 Å². The molecule has 4 aromatic carbocycles. The van der Waals surface area contributed by atoms with Gasteiger partial charge in [-0.2, -0.15) is 0 Å². The van der Waals surface area contributed by atoms with Gasteiger partial charge in [0.15, 0.2) is 12.0 Å². The Morgan fingerprint density at radius 1 is 0.951 bits per heavy atom. The first kappa shape index (κ1) is 26.4. The van der Waals surface area contributed by atoms with E-state index < -0.39 is 0 Å². The summed E-state index contributed by atoms with van der Waals surface area (Å²) in [4.78, 5) is 24.7. The topological polar surface area (TPSA) is 87.2 Å². The maximum Gasteiger partial charge on any atom is 0.228 e. The summed E-state index contributed by atoms with van der Waals surface area (Å²) in [5, 5.41) is 9.20. The van der Waals surface area contributed by atoms with Crippen molar-refractivity contribution in [2.24, 2.45) is 0 Å². The van der Waals surface area contributed by atoms with E-state index in [0.717, 1.165) is 33.0 Å². The van der Waals surface area contributed by atoms with Crippen molar-refractivity contribution in [1.29, 1.82) is 0 Å². The molecule has 6 aromatic rings. The third-order valence-electron chi connectivity index (χ3n) is 6.74. The molecule has 0 amide bonds. The summed E-state index contributed by atoms with van der Waals surface area (Å²) in [6.45, 7) is 2.22. The molecule has 0 unspecified atom stereocenters. The van der Waals surface area contributed by atoms with E-state index >= 15 is 0 Å². The first-order valence-electron chi connectivity index (χ1n) is 13.0. The molecular formula is C33H24BrN3O4. The maximum absolute atomic E-state index is 12.9. The van der Waals surface area contributed by atoms with Gasteiger partial charge in [-0.05, 0) is 91.2 Å². The van der Waals surface area contributed by atoms with Gasteiger partial charge in [-0.25, -0.2) is 4.68 Å². The number of rotatable bonds is 9. The molecule has 0 atom stereocenters. The molecule has 8 heteroatoms. The average molecular weight is 606 g/mol. The number of fused-ring (bicyclic) bond motifs is 1. The van der Waals surface area contributed by atoms with Gasteiger partial charge in [0.2, 0.25) is 5.78 Å². The van der Waals surface area contributed by atoms with Crippen molar-refractivity contribution in [3.8, 4) is 11.4 Å². The molecule has 0 fully saturated rings. The minimum absolute atomic E-state index is 0.167. The number of nitrogens with zero attached hydrogens (tertiary/aromatic N) is 3. The van der Waals surface area contributed by atoms with Gasteiger partial charge in [-0.1, -0.05) is 51.0 Å². The standard InChI is InChI=1S/C33H24BrN3O4/c1-21-2-10-29(11-3-21)37-18-28(35-36-37)20-40-30-12-4-23(16-26(30)19-38)14-22-5-13-31-25(15-22)17-32(41-31)33(39)24-6-8-27(34)9-7-24/h2-13,15-19H,14,20H2,1H3. The van der Waals surface area contributed by atoms with Gasteiger partial charge < -0.3 is 9.15 Å². The third kappa shape index (κ3) is 5.88. The highest BCUT2D eigenvalue weighted by Gasteiger charge is 2.15. The summed E-state index contributed by atoms with van der Waals surface area (Å²) in [5.41, 5.74) is 6.38. The minimum atomic E-state index is -0.167. The number of halogens is 1. The lowest BCUT2D eigenvalue weighted by Gasteiger charge is -2.09. The second kappa shape index (κ2) is 11.3. The Kier molecular flexibility index (Phi) is 7.31. The lowest BCUT2D eigenvalue weighted by Crippen LogP contribution is -2.00. The summed E-state index contributed by atoms with van der Waals surface area (Å²) in [5.74, 6) is 0.609. The van der Waals surface area contributed by atoms with Crippen LogP contribution in [0.1, 0.15) is 48.9 Å². The molecule has 0 aliphatic rings. The molecule has 0 aliphatic carbocycles. The zero-order valence-corrected chi connectivity index (χ0v) is 23.7. The third-order valence-corrected chi connectivity index (χ3v) is 7.26. The molecule has 202 valence electrons. The number of ether oxygens (including phenoxy) is 1. The van der Waals surface area contributed by atoms with E-state index in [2.05, 4.69) is 26.2 Å². The number of benzene rings is 4. The van der Waals surface area contributed by atoms with Crippen LogP contribution in [0, 0.1) is 6.92 Å². The SMILES string of the molecule is Cc1ccc(-n2cc(COc3ccc(Cc4ccc5oc(C(=O)c6ccc(Br)cc6)cc5c4)cc3C=O)nn2)cc1. The van der Waals surface area contributed by atoms with Crippen LogP contribution < -0.4 is 4.74 Å². The second-order valence-corrected chi connectivity index (χ2v) is 10.7. The van der Waals surface area contributed by atoms with E-state index in [-0.39, 0.29) is 12.4 Å². The van der Waals surface area contributed by atoms with Gasteiger partial charge >= 0.3 is 0 Å².